The van der Waals surface area contributed by atoms with Crippen molar-refractivity contribution >= 4 is 33.6 Å². The molecule has 2 heterocycles. The first-order valence-electron chi connectivity index (χ1n) is 13.7. The normalized spacial score (nSPS) is 12.5. The zero-order valence-corrected chi connectivity index (χ0v) is 24.5. The van der Waals surface area contributed by atoms with Crippen molar-refractivity contribution in [2.24, 2.45) is 13.0 Å². The fraction of sp³-hybridized carbons (Fsp3) is 0.406. The molecule has 0 aliphatic carbocycles. The molecule has 212 valence electrons. The predicted molar refractivity (Wildman–Crippen MR) is 161 cm³/mol. The van der Waals surface area contributed by atoms with Crippen LogP contribution in [0.2, 0.25) is 0 Å². The number of hydrogen-bond acceptors (Lipinski definition) is 6. The molecule has 0 radical (unpaired) electrons. The Balaban J connectivity index is 1.58. The Morgan fingerprint density at radius 2 is 1.77 bits per heavy atom. The standard InChI is InChI=1S/C32H40N4O4/c1-20(2)16-23(35-31(38)40-32(4,5)6)19-39-24-12-13-25-26-14-15-33-29(28(26)30(37)36(7)27(25)17-24)34-18-22-10-8-21(3)9-11-22/h8-15,17,20,23H,16,18-19H2,1-7H3,(H,33,34)(H,35,38)/t23-/m0/s1. The molecule has 4 rings (SSSR count). The first kappa shape index (κ1) is 28.9. The van der Waals surface area contributed by atoms with Crippen LogP contribution in [0.25, 0.3) is 21.7 Å². The summed E-state index contributed by atoms with van der Waals surface area (Å²) in [6.07, 6.45) is 2.00. The number of nitrogens with one attached hydrogen (secondary N) is 2. The minimum atomic E-state index is -0.579. The molecule has 0 aliphatic rings. The summed E-state index contributed by atoms with van der Waals surface area (Å²) in [5, 5.41) is 8.59. The van der Waals surface area contributed by atoms with E-state index >= 15 is 0 Å². The van der Waals surface area contributed by atoms with E-state index in [4.69, 9.17) is 9.47 Å². The molecular formula is C32H40N4O4. The highest BCUT2D eigenvalue weighted by Crippen LogP contribution is 2.29. The Morgan fingerprint density at radius 3 is 2.45 bits per heavy atom. The zero-order valence-electron chi connectivity index (χ0n) is 24.5. The summed E-state index contributed by atoms with van der Waals surface area (Å²) in [6.45, 7) is 12.6. The average Bonchev–Trinajstić information content (AvgIpc) is 2.88. The number of carbonyl (C=O) groups excluding carboxylic acids is 1. The van der Waals surface area contributed by atoms with Gasteiger partial charge in [0.15, 0.2) is 0 Å². The van der Waals surface area contributed by atoms with Crippen molar-refractivity contribution in [2.75, 3.05) is 11.9 Å². The van der Waals surface area contributed by atoms with Crippen LogP contribution in [0.15, 0.2) is 59.5 Å². The van der Waals surface area contributed by atoms with Gasteiger partial charge in [-0.05, 0) is 63.8 Å². The Morgan fingerprint density at radius 1 is 1.05 bits per heavy atom. The number of hydrogen-bond donors (Lipinski definition) is 2. The smallest absolute Gasteiger partial charge is 0.407 e. The minimum absolute atomic E-state index is 0.136. The molecule has 2 aromatic carbocycles. The second-order valence-corrected chi connectivity index (χ2v) is 11.7. The van der Waals surface area contributed by atoms with E-state index in [-0.39, 0.29) is 18.2 Å². The molecule has 8 nitrogen and oxygen atoms in total. The van der Waals surface area contributed by atoms with Gasteiger partial charge in [-0.1, -0.05) is 43.7 Å². The molecule has 0 spiro atoms. The lowest BCUT2D eigenvalue weighted by atomic mass is 10.0. The number of ether oxygens (including phenoxy) is 2. The number of anilines is 1. The third-order valence-electron chi connectivity index (χ3n) is 6.60. The Labute approximate surface area is 235 Å². The molecule has 0 saturated heterocycles. The summed E-state index contributed by atoms with van der Waals surface area (Å²) >= 11 is 0. The lowest BCUT2D eigenvalue weighted by Gasteiger charge is -2.25. The van der Waals surface area contributed by atoms with Gasteiger partial charge in [0.1, 0.15) is 23.8 Å². The van der Waals surface area contributed by atoms with E-state index in [2.05, 4.69) is 60.7 Å². The maximum Gasteiger partial charge on any atom is 0.407 e. The number of benzene rings is 2. The fourth-order valence-electron chi connectivity index (χ4n) is 4.72. The number of fused-ring (bicyclic) bond motifs is 3. The number of aromatic nitrogens is 2. The number of aryl methyl sites for hydroxylation is 2. The molecule has 1 atom stereocenters. The molecule has 1 amide bonds. The van der Waals surface area contributed by atoms with E-state index in [1.54, 1.807) is 17.8 Å². The summed E-state index contributed by atoms with van der Waals surface area (Å²) in [5.74, 6) is 1.54. The fourth-order valence-corrected chi connectivity index (χ4v) is 4.72. The van der Waals surface area contributed by atoms with Crippen molar-refractivity contribution in [1.29, 1.82) is 0 Å². The molecule has 40 heavy (non-hydrogen) atoms. The largest absolute Gasteiger partial charge is 0.491 e. The molecular weight excluding hydrogens is 504 g/mol. The SMILES string of the molecule is Cc1ccc(CNc2nccc3c2c(=O)n(C)c2cc(OC[C@H](CC(C)C)NC(=O)OC(C)(C)C)ccc32)cc1. The molecule has 0 bridgehead atoms. The summed E-state index contributed by atoms with van der Waals surface area (Å²) < 4.78 is 13.2. The van der Waals surface area contributed by atoms with Gasteiger partial charge in [0.25, 0.3) is 5.56 Å². The monoisotopic (exact) mass is 544 g/mol. The number of amides is 1. The topological polar surface area (TPSA) is 94.5 Å². The van der Waals surface area contributed by atoms with Crippen molar-refractivity contribution in [3.63, 3.8) is 0 Å². The number of alkyl carbamates (subject to hydrolysis) is 1. The summed E-state index contributed by atoms with van der Waals surface area (Å²) in [4.78, 5) is 30.4. The highest BCUT2D eigenvalue weighted by Gasteiger charge is 2.21. The molecule has 0 aliphatic heterocycles. The van der Waals surface area contributed by atoms with Crippen LogP contribution in [0.5, 0.6) is 5.75 Å². The molecule has 0 unspecified atom stereocenters. The van der Waals surface area contributed by atoms with E-state index in [0.29, 0.717) is 29.4 Å². The highest BCUT2D eigenvalue weighted by molar-refractivity contribution is 6.09. The van der Waals surface area contributed by atoms with Crippen LogP contribution in [-0.4, -0.2) is 33.9 Å². The summed E-state index contributed by atoms with van der Waals surface area (Å²) in [6, 6.07) is 15.7. The molecule has 0 saturated carbocycles. The lowest BCUT2D eigenvalue weighted by Crippen LogP contribution is -2.42. The van der Waals surface area contributed by atoms with Gasteiger partial charge < -0.3 is 24.7 Å². The highest BCUT2D eigenvalue weighted by atomic mass is 16.6. The lowest BCUT2D eigenvalue weighted by molar-refractivity contribution is 0.0480. The number of pyridine rings is 2. The molecule has 0 fully saturated rings. The minimum Gasteiger partial charge on any atom is -0.491 e. The first-order chi connectivity index (χ1) is 18.9. The van der Waals surface area contributed by atoms with E-state index < -0.39 is 11.7 Å². The second-order valence-electron chi connectivity index (χ2n) is 11.7. The van der Waals surface area contributed by atoms with Gasteiger partial charge in [0.05, 0.1) is 16.9 Å². The van der Waals surface area contributed by atoms with Crippen molar-refractivity contribution in [3.05, 3.63) is 76.2 Å². The summed E-state index contributed by atoms with van der Waals surface area (Å²) in [5.41, 5.74) is 2.35. The van der Waals surface area contributed by atoms with Crippen LogP contribution in [0, 0.1) is 12.8 Å². The van der Waals surface area contributed by atoms with Crippen molar-refractivity contribution in [2.45, 2.75) is 66.2 Å². The molecule has 4 aromatic rings. The van der Waals surface area contributed by atoms with Crippen molar-refractivity contribution < 1.29 is 14.3 Å². The quantitative estimate of drug-likeness (QED) is 0.239. The van der Waals surface area contributed by atoms with Gasteiger partial charge in [0, 0.05) is 36.6 Å². The van der Waals surface area contributed by atoms with E-state index in [0.717, 1.165) is 28.3 Å². The number of carbonyl (C=O) groups is 1. The Kier molecular flexibility index (Phi) is 8.67. The van der Waals surface area contributed by atoms with Crippen LogP contribution >= 0.6 is 0 Å². The van der Waals surface area contributed by atoms with Gasteiger partial charge in [-0.3, -0.25) is 4.79 Å². The third kappa shape index (κ3) is 7.11. The van der Waals surface area contributed by atoms with Crippen molar-refractivity contribution in [3.8, 4) is 5.75 Å². The summed E-state index contributed by atoms with van der Waals surface area (Å²) in [7, 11) is 1.76. The van der Waals surface area contributed by atoms with Crippen LogP contribution in [-0.2, 0) is 18.3 Å². The van der Waals surface area contributed by atoms with Gasteiger partial charge in [-0.25, -0.2) is 9.78 Å². The zero-order chi connectivity index (χ0) is 29.0. The van der Waals surface area contributed by atoms with Gasteiger partial charge in [0.2, 0.25) is 0 Å². The van der Waals surface area contributed by atoms with Crippen LogP contribution in [0.1, 0.15) is 52.2 Å². The maximum absolute atomic E-state index is 13.5. The van der Waals surface area contributed by atoms with Crippen molar-refractivity contribution in [1.82, 2.24) is 14.9 Å². The second kappa shape index (κ2) is 12.0. The van der Waals surface area contributed by atoms with Crippen LogP contribution in [0.4, 0.5) is 10.6 Å². The first-order valence-corrected chi connectivity index (χ1v) is 13.7. The van der Waals surface area contributed by atoms with Crippen LogP contribution in [0.3, 0.4) is 0 Å². The average molecular weight is 545 g/mol. The third-order valence-corrected chi connectivity index (χ3v) is 6.60. The Bertz CT molecular complexity index is 1550. The number of rotatable bonds is 9. The van der Waals surface area contributed by atoms with E-state index in [1.807, 2.05) is 45.0 Å². The molecule has 2 aromatic heterocycles. The van der Waals surface area contributed by atoms with Gasteiger partial charge >= 0.3 is 6.09 Å². The van der Waals surface area contributed by atoms with Gasteiger partial charge in [-0.2, -0.15) is 0 Å². The van der Waals surface area contributed by atoms with E-state index in [9.17, 15) is 9.59 Å². The number of nitrogens with zero attached hydrogens (tertiary/aromatic N) is 2. The maximum atomic E-state index is 13.5. The van der Waals surface area contributed by atoms with Gasteiger partial charge in [-0.15, -0.1) is 0 Å². The predicted octanol–water partition coefficient (Wildman–Crippen LogP) is 6.33. The van der Waals surface area contributed by atoms with E-state index in [1.165, 1.54) is 5.56 Å². The molecule has 2 N–H and O–H groups in total. The Hall–Kier alpha value is -4.07. The van der Waals surface area contributed by atoms with Crippen LogP contribution < -0.4 is 20.9 Å². The molecule has 8 heteroatoms.